The van der Waals surface area contributed by atoms with Gasteiger partial charge in [-0.25, -0.2) is 0 Å². The van der Waals surface area contributed by atoms with Gasteiger partial charge in [0, 0.05) is 6.42 Å². The van der Waals surface area contributed by atoms with Crippen molar-refractivity contribution in [2.45, 2.75) is 32.5 Å². The first-order valence-electron chi connectivity index (χ1n) is 5.26. The van der Waals surface area contributed by atoms with E-state index in [4.69, 9.17) is 9.47 Å². The molecule has 1 heterocycles. The lowest BCUT2D eigenvalue weighted by Gasteiger charge is -2.27. The van der Waals surface area contributed by atoms with Gasteiger partial charge in [-0.2, -0.15) is 0 Å². The monoisotopic (exact) mass is 192 g/mol. The normalized spacial score (nSPS) is 20.2. The van der Waals surface area contributed by atoms with E-state index in [1.54, 1.807) is 0 Å². The van der Waals surface area contributed by atoms with E-state index in [0.29, 0.717) is 0 Å². The van der Waals surface area contributed by atoms with Gasteiger partial charge in [0.1, 0.15) is 5.75 Å². The molecule has 14 heavy (non-hydrogen) atoms. The minimum Gasteiger partial charge on any atom is -0.465 e. The van der Waals surface area contributed by atoms with Crippen LogP contribution in [0.3, 0.4) is 0 Å². The molecular formula is C12H16O2. The van der Waals surface area contributed by atoms with Crippen LogP contribution in [0.5, 0.6) is 5.75 Å². The highest BCUT2D eigenvalue weighted by molar-refractivity contribution is 5.33. The van der Waals surface area contributed by atoms with Gasteiger partial charge in [0.05, 0.1) is 6.61 Å². The Labute approximate surface area is 84.8 Å². The van der Waals surface area contributed by atoms with Gasteiger partial charge >= 0.3 is 0 Å². The van der Waals surface area contributed by atoms with Crippen molar-refractivity contribution in [3.05, 3.63) is 29.8 Å². The lowest BCUT2D eigenvalue weighted by Crippen LogP contribution is -2.32. The summed E-state index contributed by atoms with van der Waals surface area (Å²) in [6.45, 7) is 3.01. The van der Waals surface area contributed by atoms with E-state index in [-0.39, 0.29) is 6.29 Å². The van der Waals surface area contributed by atoms with Crippen LogP contribution in [-0.2, 0) is 11.2 Å². The number of ether oxygens (including phenoxy) is 2. The lowest BCUT2D eigenvalue weighted by atomic mass is 10.1. The van der Waals surface area contributed by atoms with Gasteiger partial charge in [-0.1, -0.05) is 31.5 Å². The maximum absolute atomic E-state index is 5.71. The molecule has 1 fully saturated rings. The minimum atomic E-state index is -0.00648. The SMILES string of the molecule is CCCc1ccccc1OC1CCO1. The van der Waals surface area contributed by atoms with Crippen LogP contribution in [0.1, 0.15) is 25.3 Å². The average Bonchev–Trinajstić information content (AvgIpc) is 2.14. The molecule has 0 radical (unpaired) electrons. The third-order valence-electron chi connectivity index (χ3n) is 2.41. The fourth-order valence-corrected chi connectivity index (χ4v) is 1.54. The van der Waals surface area contributed by atoms with Crippen LogP contribution < -0.4 is 4.74 Å². The van der Waals surface area contributed by atoms with Gasteiger partial charge in [0.2, 0.25) is 6.29 Å². The van der Waals surface area contributed by atoms with Gasteiger partial charge in [-0.15, -0.1) is 0 Å². The van der Waals surface area contributed by atoms with Crippen LogP contribution >= 0.6 is 0 Å². The Hall–Kier alpha value is -1.02. The predicted molar refractivity (Wildman–Crippen MR) is 55.4 cm³/mol. The zero-order valence-corrected chi connectivity index (χ0v) is 8.53. The first-order chi connectivity index (χ1) is 6.90. The average molecular weight is 192 g/mol. The number of aryl methyl sites for hydroxylation is 1. The van der Waals surface area contributed by atoms with E-state index in [1.165, 1.54) is 5.56 Å². The van der Waals surface area contributed by atoms with Crippen LogP contribution in [-0.4, -0.2) is 12.9 Å². The van der Waals surface area contributed by atoms with Gasteiger partial charge in [0.15, 0.2) is 0 Å². The van der Waals surface area contributed by atoms with E-state index in [2.05, 4.69) is 19.1 Å². The molecule has 2 nitrogen and oxygen atoms in total. The van der Waals surface area contributed by atoms with Gasteiger partial charge in [-0.05, 0) is 18.1 Å². The molecule has 0 aliphatic carbocycles. The molecule has 2 rings (SSSR count). The summed E-state index contributed by atoms with van der Waals surface area (Å²) in [7, 11) is 0. The van der Waals surface area contributed by atoms with Crippen LogP contribution in [0.25, 0.3) is 0 Å². The molecule has 76 valence electrons. The maximum atomic E-state index is 5.71. The van der Waals surface area contributed by atoms with E-state index < -0.39 is 0 Å². The summed E-state index contributed by atoms with van der Waals surface area (Å²) >= 11 is 0. The highest BCUT2D eigenvalue weighted by Crippen LogP contribution is 2.24. The number of hydrogen-bond acceptors (Lipinski definition) is 2. The first kappa shape index (κ1) is 9.53. The van der Waals surface area contributed by atoms with Crippen LogP contribution in [0.2, 0.25) is 0 Å². The molecule has 0 N–H and O–H groups in total. The van der Waals surface area contributed by atoms with E-state index in [9.17, 15) is 0 Å². The fourth-order valence-electron chi connectivity index (χ4n) is 1.54. The highest BCUT2D eigenvalue weighted by atomic mass is 16.7. The maximum Gasteiger partial charge on any atom is 0.202 e. The molecule has 1 aromatic rings. The quantitative estimate of drug-likeness (QED) is 0.730. The van der Waals surface area contributed by atoms with Crippen molar-refractivity contribution in [3.63, 3.8) is 0 Å². The number of para-hydroxylation sites is 1. The van der Waals surface area contributed by atoms with Gasteiger partial charge in [0.25, 0.3) is 0 Å². The van der Waals surface area contributed by atoms with E-state index in [1.807, 2.05) is 12.1 Å². The summed E-state index contributed by atoms with van der Waals surface area (Å²) in [4.78, 5) is 0. The van der Waals surface area contributed by atoms with Crippen LogP contribution in [0.4, 0.5) is 0 Å². The van der Waals surface area contributed by atoms with Gasteiger partial charge in [-0.3, -0.25) is 0 Å². The zero-order valence-electron chi connectivity index (χ0n) is 8.53. The second-order valence-electron chi connectivity index (χ2n) is 3.56. The van der Waals surface area contributed by atoms with Crippen molar-refractivity contribution in [1.29, 1.82) is 0 Å². The van der Waals surface area contributed by atoms with Crippen molar-refractivity contribution in [2.75, 3.05) is 6.61 Å². The Morgan fingerprint density at radius 1 is 1.43 bits per heavy atom. The highest BCUT2D eigenvalue weighted by Gasteiger charge is 2.20. The number of hydrogen-bond donors (Lipinski definition) is 0. The molecule has 0 amide bonds. The molecular weight excluding hydrogens is 176 g/mol. The van der Waals surface area contributed by atoms with Crippen molar-refractivity contribution < 1.29 is 9.47 Å². The molecule has 0 spiro atoms. The summed E-state index contributed by atoms with van der Waals surface area (Å²) in [5.74, 6) is 0.985. The zero-order chi connectivity index (χ0) is 9.80. The summed E-state index contributed by atoms with van der Waals surface area (Å²) in [6, 6.07) is 8.21. The molecule has 1 aromatic carbocycles. The predicted octanol–water partition coefficient (Wildman–Crippen LogP) is 2.76. The summed E-state index contributed by atoms with van der Waals surface area (Å²) < 4.78 is 11.0. The smallest absolute Gasteiger partial charge is 0.202 e. The summed E-state index contributed by atoms with van der Waals surface area (Å²) in [5.41, 5.74) is 1.28. The summed E-state index contributed by atoms with van der Waals surface area (Å²) in [6.07, 6.45) is 3.22. The number of benzene rings is 1. The molecule has 0 saturated carbocycles. The topological polar surface area (TPSA) is 18.5 Å². The third kappa shape index (κ3) is 2.07. The second kappa shape index (κ2) is 4.47. The van der Waals surface area contributed by atoms with Crippen LogP contribution in [0, 0.1) is 0 Å². The van der Waals surface area contributed by atoms with Gasteiger partial charge < -0.3 is 9.47 Å². The fraction of sp³-hybridized carbons (Fsp3) is 0.500. The Bertz CT molecular complexity index is 292. The Balaban J connectivity index is 2.05. The minimum absolute atomic E-state index is 0.00648. The third-order valence-corrected chi connectivity index (χ3v) is 2.41. The van der Waals surface area contributed by atoms with E-state index >= 15 is 0 Å². The molecule has 1 aliphatic rings. The Kier molecular flexibility index (Phi) is 3.04. The molecule has 2 heteroatoms. The molecule has 1 unspecified atom stereocenters. The molecule has 0 aromatic heterocycles. The first-order valence-corrected chi connectivity index (χ1v) is 5.26. The lowest BCUT2D eigenvalue weighted by molar-refractivity contribution is -0.165. The van der Waals surface area contributed by atoms with Crippen molar-refractivity contribution in [1.82, 2.24) is 0 Å². The van der Waals surface area contributed by atoms with E-state index in [0.717, 1.165) is 31.6 Å². The Morgan fingerprint density at radius 2 is 2.21 bits per heavy atom. The molecule has 1 aliphatic heterocycles. The standard InChI is InChI=1S/C12H16O2/c1-2-5-10-6-3-4-7-11(10)14-12-8-9-13-12/h3-4,6-7,12H,2,5,8-9H2,1H3. The molecule has 1 atom stereocenters. The number of rotatable bonds is 4. The Morgan fingerprint density at radius 3 is 2.86 bits per heavy atom. The van der Waals surface area contributed by atoms with Crippen LogP contribution in [0.15, 0.2) is 24.3 Å². The van der Waals surface area contributed by atoms with Crippen molar-refractivity contribution >= 4 is 0 Å². The van der Waals surface area contributed by atoms with Crippen molar-refractivity contribution in [2.24, 2.45) is 0 Å². The van der Waals surface area contributed by atoms with Crippen molar-refractivity contribution in [3.8, 4) is 5.75 Å². The molecule has 1 saturated heterocycles. The summed E-state index contributed by atoms with van der Waals surface area (Å²) in [5, 5.41) is 0. The largest absolute Gasteiger partial charge is 0.465 e. The molecule has 0 bridgehead atoms. The second-order valence-corrected chi connectivity index (χ2v) is 3.56.